The van der Waals surface area contributed by atoms with Crippen LogP contribution in [-0.2, 0) is 0 Å². The molecule has 0 unspecified atom stereocenters. The Morgan fingerprint density at radius 1 is 1.25 bits per heavy atom. The number of anilines is 1. The fraction of sp³-hybridized carbons (Fsp3) is 0.308. The number of aryl methyl sites for hydroxylation is 1. The number of nitrogens with one attached hydrogen (secondary N) is 1. The molecular formula is C13H16ClN5S. The highest BCUT2D eigenvalue weighted by Crippen LogP contribution is 2.30. The maximum atomic E-state index is 4.38. The van der Waals surface area contributed by atoms with Gasteiger partial charge in [-0.3, -0.25) is 9.89 Å². The molecule has 1 aliphatic rings. The van der Waals surface area contributed by atoms with Gasteiger partial charge in [0.2, 0.25) is 5.13 Å². The Morgan fingerprint density at radius 2 is 2.05 bits per heavy atom. The van der Waals surface area contributed by atoms with Crippen LogP contribution in [0.25, 0.3) is 10.6 Å². The molecule has 0 aliphatic carbocycles. The highest BCUT2D eigenvalue weighted by molar-refractivity contribution is 7.18. The molecule has 20 heavy (non-hydrogen) atoms. The number of guanidine groups is 1. The first kappa shape index (κ1) is 14.7. The van der Waals surface area contributed by atoms with Gasteiger partial charge < -0.3 is 5.32 Å². The zero-order valence-electron chi connectivity index (χ0n) is 11.3. The van der Waals surface area contributed by atoms with Crippen molar-refractivity contribution in [3.8, 4) is 10.6 Å². The fourth-order valence-electron chi connectivity index (χ4n) is 1.97. The van der Waals surface area contributed by atoms with E-state index in [9.17, 15) is 0 Å². The number of aliphatic imine (C=N–C) groups is 1. The molecule has 0 radical (unpaired) electrons. The molecule has 1 N–H and O–H groups in total. The monoisotopic (exact) mass is 309 g/mol. The summed E-state index contributed by atoms with van der Waals surface area (Å²) >= 11 is 1.58. The molecule has 2 aromatic rings. The zero-order chi connectivity index (χ0) is 13.2. The molecule has 5 nitrogen and oxygen atoms in total. The van der Waals surface area contributed by atoms with Gasteiger partial charge in [0.1, 0.15) is 5.01 Å². The molecular weight excluding hydrogens is 294 g/mol. The van der Waals surface area contributed by atoms with Gasteiger partial charge in [0.15, 0.2) is 5.96 Å². The van der Waals surface area contributed by atoms with Gasteiger partial charge in [-0.25, -0.2) is 0 Å². The standard InChI is InChI=1S/C13H15N5S.ClH/c1-9-5-3-4-6-10(9)11-16-17-13(19-11)18(2)12-14-7-8-15-12;/h3-6H,7-8H2,1-2H3,(H,14,15);1H. The molecule has 7 heteroatoms. The van der Waals surface area contributed by atoms with E-state index in [2.05, 4.69) is 39.6 Å². The molecule has 0 amide bonds. The summed E-state index contributed by atoms with van der Waals surface area (Å²) in [4.78, 5) is 6.33. The molecule has 0 fully saturated rings. The molecule has 106 valence electrons. The molecule has 0 bridgehead atoms. The van der Waals surface area contributed by atoms with Gasteiger partial charge in [0.25, 0.3) is 0 Å². The third-order valence-corrected chi connectivity index (χ3v) is 4.08. The average Bonchev–Trinajstić information content (AvgIpc) is 3.10. The summed E-state index contributed by atoms with van der Waals surface area (Å²) < 4.78 is 0. The van der Waals surface area contributed by atoms with E-state index < -0.39 is 0 Å². The van der Waals surface area contributed by atoms with Crippen LogP contribution in [0.1, 0.15) is 5.56 Å². The van der Waals surface area contributed by atoms with Gasteiger partial charge in [-0.1, -0.05) is 35.6 Å². The number of aromatic nitrogens is 2. The number of benzene rings is 1. The van der Waals surface area contributed by atoms with Crippen LogP contribution in [0.4, 0.5) is 5.13 Å². The normalized spacial score (nSPS) is 13.4. The number of halogens is 1. The van der Waals surface area contributed by atoms with Crippen molar-refractivity contribution >= 4 is 34.8 Å². The minimum absolute atomic E-state index is 0. The second kappa shape index (κ2) is 6.19. The summed E-state index contributed by atoms with van der Waals surface area (Å²) in [5.41, 5.74) is 2.35. The Labute approximate surface area is 128 Å². The first-order chi connectivity index (χ1) is 9.25. The lowest BCUT2D eigenvalue weighted by Gasteiger charge is -2.14. The van der Waals surface area contributed by atoms with E-state index in [0.717, 1.165) is 34.8 Å². The largest absolute Gasteiger partial charge is 0.354 e. The number of hydrogen-bond donors (Lipinski definition) is 1. The predicted octanol–water partition coefficient (Wildman–Crippen LogP) is 2.33. The Bertz CT molecular complexity index is 625. The van der Waals surface area contributed by atoms with Crippen LogP contribution in [0.3, 0.4) is 0 Å². The highest BCUT2D eigenvalue weighted by atomic mass is 35.5. The van der Waals surface area contributed by atoms with Gasteiger partial charge in [-0.2, -0.15) is 0 Å². The van der Waals surface area contributed by atoms with Crippen LogP contribution >= 0.6 is 23.7 Å². The van der Waals surface area contributed by atoms with Crippen LogP contribution in [0.15, 0.2) is 29.3 Å². The molecule has 1 aliphatic heterocycles. The molecule has 1 aromatic carbocycles. The lowest BCUT2D eigenvalue weighted by molar-refractivity contribution is 0.947. The molecule has 0 atom stereocenters. The number of hydrogen-bond acceptors (Lipinski definition) is 6. The first-order valence-corrected chi connectivity index (χ1v) is 6.99. The van der Waals surface area contributed by atoms with E-state index in [1.54, 1.807) is 11.3 Å². The highest BCUT2D eigenvalue weighted by Gasteiger charge is 2.17. The van der Waals surface area contributed by atoms with Crippen molar-refractivity contribution in [2.45, 2.75) is 6.92 Å². The smallest absolute Gasteiger partial charge is 0.215 e. The zero-order valence-corrected chi connectivity index (χ0v) is 13.0. The van der Waals surface area contributed by atoms with E-state index in [4.69, 9.17) is 0 Å². The van der Waals surface area contributed by atoms with E-state index in [0.29, 0.717) is 0 Å². The van der Waals surface area contributed by atoms with Crippen molar-refractivity contribution in [3.05, 3.63) is 29.8 Å². The summed E-state index contributed by atoms with van der Waals surface area (Å²) in [6.07, 6.45) is 0. The van der Waals surface area contributed by atoms with Crippen molar-refractivity contribution in [1.82, 2.24) is 15.5 Å². The van der Waals surface area contributed by atoms with Gasteiger partial charge in [-0.15, -0.1) is 22.6 Å². The average molecular weight is 310 g/mol. The van der Waals surface area contributed by atoms with Crippen LogP contribution in [0.2, 0.25) is 0 Å². The molecule has 0 spiro atoms. The second-order valence-corrected chi connectivity index (χ2v) is 5.35. The third kappa shape index (κ3) is 2.76. The van der Waals surface area contributed by atoms with Gasteiger partial charge in [-0.05, 0) is 12.5 Å². The Balaban J connectivity index is 0.00000147. The SMILES string of the molecule is Cc1ccccc1-c1nnc(N(C)C2=NCCN2)s1.Cl. The lowest BCUT2D eigenvalue weighted by Crippen LogP contribution is -2.35. The van der Waals surface area contributed by atoms with Gasteiger partial charge in [0, 0.05) is 19.2 Å². The quantitative estimate of drug-likeness (QED) is 0.925. The van der Waals surface area contributed by atoms with Crippen molar-refractivity contribution in [1.29, 1.82) is 0 Å². The summed E-state index contributed by atoms with van der Waals surface area (Å²) in [6, 6.07) is 8.22. The summed E-state index contributed by atoms with van der Waals surface area (Å²) in [6.45, 7) is 3.80. The molecule has 2 heterocycles. The summed E-state index contributed by atoms with van der Waals surface area (Å²) in [7, 11) is 1.96. The second-order valence-electron chi connectivity index (χ2n) is 4.40. The van der Waals surface area contributed by atoms with E-state index in [1.165, 1.54) is 5.56 Å². The van der Waals surface area contributed by atoms with Crippen LogP contribution in [-0.4, -0.2) is 36.3 Å². The molecule has 0 saturated heterocycles. The summed E-state index contributed by atoms with van der Waals surface area (Å²) in [5, 5.41) is 13.6. The topological polar surface area (TPSA) is 53.4 Å². The van der Waals surface area contributed by atoms with E-state index in [-0.39, 0.29) is 12.4 Å². The Kier molecular flexibility index (Phi) is 4.57. The van der Waals surface area contributed by atoms with Crippen molar-refractivity contribution in [2.24, 2.45) is 4.99 Å². The summed E-state index contributed by atoms with van der Waals surface area (Å²) in [5.74, 6) is 0.868. The van der Waals surface area contributed by atoms with Crippen LogP contribution in [0, 0.1) is 6.92 Å². The molecule has 3 rings (SSSR count). The minimum Gasteiger partial charge on any atom is -0.354 e. The molecule has 0 saturated carbocycles. The predicted molar refractivity (Wildman–Crippen MR) is 86.0 cm³/mol. The van der Waals surface area contributed by atoms with Crippen LogP contribution < -0.4 is 10.2 Å². The number of nitrogens with zero attached hydrogens (tertiary/aromatic N) is 4. The Hall–Kier alpha value is -1.66. The maximum absolute atomic E-state index is 4.38. The van der Waals surface area contributed by atoms with E-state index in [1.807, 2.05) is 24.1 Å². The number of rotatable bonds is 2. The van der Waals surface area contributed by atoms with Crippen molar-refractivity contribution in [3.63, 3.8) is 0 Å². The minimum atomic E-state index is 0. The van der Waals surface area contributed by atoms with Gasteiger partial charge in [0.05, 0.1) is 6.54 Å². The van der Waals surface area contributed by atoms with Crippen molar-refractivity contribution in [2.75, 3.05) is 25.0 Å². The third-order valence-electron chi connectivity index (χ3n) is 3.05. The lowest BCUT2D eigenvalue weighted by atomic mass is 10.1. The Morgan fingerprint density at radius 3 is 2.75 bits per heavy atom. The first-order valence-electron chi connectivity index (χ1n) is 6.17. The van der Waals surface area contributed by atoms with Crippen molar-refractivity contribution < 1.29 is 0 Å². The van der Waals surface area contributed by atoms with Crippen LogP contribution in [0.5, 0.6) is 0 Å². The van der Waals surface area contributed by atoms with E-state index >= 15 is 0 Å². The van der Waals surface area contributed by atoms with Gasteiger partial charge >= 0.3 is 0 Å². The maximum Gasteiger partial charge on any atom is 0.215 e. The molecule has 1 aromatic heterocycles. The fourth-order valence-corrected chi connectivity index (χ4v) is 2.87.